The lowest BCUT2D eigenvalue weighted by Crippen LogP contribution is -2.45. The van der Waals surface area contributed by atoms with Crippen molar-refractivity contribution < 1.29 is 9.53 Å². The maximum absolute atomic E-state index is 11.7. The lowest BCUT2D eigenvalue weighted by molar-refractivity contribution is 0.0823. The highest BCUT2D eigenvalue weighted by atomic mass is 16.5. The minimum absolute atomic E-state index is 0.0167. The number of hydrogen-bond acceptors (Lipinski definition) is 2. The fourth-order valence-corrected chi connectivity index (χ4v) is 1.73. The molecule has 1 rings (SSSR count). The van der Waals surface area contributed by atoms with Crippen LogP contribution in [0.25, 0.3) is 0 Å². The van der Waals surface area contributed by atoms with Gasteiger partial charge >= 0.3 is 6.03 Å². The lowest BCUT2D eigenvalue weighted by Gasteiger charge is -2.25. The molecule has 1 N–H and O–H groups in total. The van der Waals surface area contributed by atoms with Crippen LogP contribution in [-0.2, 0) is 4.74 Å². The molecule has 0 aromatic rings. The van der Waals surface area contributed by atoms with Crippen LogP contribution in [0.4, 0.5) is 4.79 Å². The molecule has 0 aliphatic carbocycles. The largest absolute Gasteiger partial charge is 0.376 e. The molecule has 0 aromatic carbocycles. The van der Waals surface area contributed by atoms with Crippen LogP contribution in [0.2, 0.25) is 0 Å². The van der Waals surface area contributed by atoms with E-state index < -0.39 is 0 Å². The summed E-state index contributed by atoms with van der Waals surface area (Å²) in [6.07, 6.45) is 2.43. The molecule has 1 aliphatic rings. The molecule has 2 amide bonds. The van der Waals surface area contributed by atoms with Crippen LogP contribution in [0.3, 0.4) is 0 Å². The monoisotopic (exact) mass is 214 g/mol. The topological polar surface area (TPSA) is 41.6 Å². The zero-order valence-electron chi connectivity index (χ0n) is 9.95. The van der Waals surface area contributed by atoms with Crippen molar-refractivity contribution in [3.8, 4) is 0 Å². The van der Waals surface area contributed by atoms with E-state index in [1.54, 1.807) is 0 Å². The Hall–Kier alpha value is -0.770. The van der Waals surface area contributed by atoms with Gasteiger partial charge in [-0.25, -0.2) is 4.79 Å². The van der Waals surface area contributed by atoms with E-state index in [0.717, 1.165) is 32.5 Å². The average Bonchev–Trinajstić information content (AvgIpc) is 2.65. The first-order valence-electron chi connectivity index (χ1n) is 5.80. The zero-order valence-corrected chi connectivity index (χ0v) is 9.95. The second-order valence-electron chi connectivity index (χ2n) is 4.28. The second-order valence-corrected chi connectivity index (χ2v) is 4.28. The molecule has 0 aromatic heterocycles. The number of rotatable bonds is 4. The van der Waals surface area contributed by atoms with Crippen LogP contribution in [0, 0.1) is 0 Å². The summed E-state index contributed by atoms with van der Waals surface area (Å²) in [4.78, 5) is 13.5. The molecule has 1 fully saturated rings. The summed E-state index contributed by atoms with van der Waals surface area (Å²) < 4.78 is 5.52. The third-order valence-electron chi connectivity index (χ3n) is 2.53. The molecule has 15 heavy (non-hydrogen) atoms. The van der Waals surface area contributed by atoms with Crippen LogP contribution in [-0.4, -0.2) is 42.8 Å². The van der Waals surface area contributed by atoms with Gasteiger partial charge in [0.2, 0.25) is 0 Å². The van der Waals surface area contributed by atoms with E-state index in [2.05, 4.69) is 5.32 Å². The van der Waals surface area contributed by atoms with E-state index >= 15 is 0 Å². The Morgan fingerprint density at radius 3 is 2.80 bits per heavy atom. The summed E-state index contributed by atoms with van der Waals surface area (Å²) in [6.45, 7) is 8.23. The standard InChI is InChI=1S/C11H22N2O2/c1-4-13(11(14)12-9(2)3)8-10-6-5-7-15-10/h9-10H,4-8H2,1-3H3,(H,12,14). The summed E-state index contributed by atoms with van der Waals surface area (Å²) in [5, 5.41) is 2.90. The Morgan fingerprint density at radius 2 is 2.33 bits per heavy atom. The minimum Gasteiger partial charge on any atom is -0.376 e. The van der Waals surface area contributed by atoms with Gasteiger partial charge < -0.3 is 15.0 Å². The number of ether oxygens (including phenoxy) is 1. The van der Waals surface area contributed by atoms with E-state index in [1.165, 1.54) is 0 Å². The molecule has 1 heterocycles. The molecule has 0 saturated carbocycles. The number of nitrogens with zero attached hydrogens (tertiary/aromatic N) is 1. The molecule has 4 nitrogen and oxygen atoms in total. The molecule has 4 heteroatoms. The van der Waals surface area contributed by atoms with Crippen LogP contribution < -0.4 is 5.32 Å². The van der Waals surface area contributed by atoms with Gasteiger partial charge in [-0.05, 0) is 33.6 Å². The Balaban J connectivity index is 2.36. The first kappa shape index (κ1) is 12.3. The number of nitrogens with one attached hydrogen (secondary N) is 1. The second kappa shape index (κ2) is 5.95. The van der Waals surface area contributed by atoms with Crippen LogP contribution >= 0.6 is 0 Å². The number of likely N-dealkylation sites (N-methyl/N-ethyl adjacent to an activating group) is 1. The van der Waals surface area contributed by atoms with Gasteiger partial charge in [-0.1, -0.05) is 0 Å². The van der Waals surface area contributed by atoms with E-state index in [1.807, 2.05) is 25.7 Å². The molecule has 1 saturated heterocycles. The van der Waals surface area contributed by atoms with Crippen molar-refractivity contribution >= 4 is 6.03 Å². The fourth-order valence-electron chi connectivity index (χ4n) is 1.73. The normalized spacial score (nSPS) is 20.7. The van der Waals surface area contributed by atoms with Gasteiger partial charge in [-0.15, -0.1) is 0 Å². The van der Waals surface area contributed by atoms with E-state index in [9.17, 15) is 4.79 Å². The molecule has 0 bridgehead atoms. The molecule has 1 atom stereocenters. The summed E-state index contributed by atoms with van der Waals surface area (Å²) in [5.41, 5.74) is 0. The maximum atomic E-state index is 11.7. The fraction of sp³-hybridized carbons (Fsp3) is 0.909. The maximum Gasteiger partial charge on any atom is 0.317 e. The first-order valence-corrected chi connectivity index (χ1v) is 5.80. The highest BCUT2D eigenvalue weighted by Gasteiger charge is 2.21. The highest BCUT2D eigenvalue weighted by Crippen LogP contribution is 2.13. The zero-order chi connectivity index (χ0) is 11.3. The van der Waals surface area contributed by atoms with Gasteiger partial charge in [0.1, 0.15) is 0 Å². The molecular formula is C11H22N2O2. The number of hydrogen-bond donors (Lipinski definition) is 1. The van der Waals surface area contributed by atoms with E-state index in [0.29, 0.717) is 0 Å². The van der Waals surface area contributed by atoms with Crippen molar-refractivity contribution in [2.24, 2.45) is 0 Å². The number of amides is 2. The van der Waals surface area contributed by atoms with Crippen molar-refractivity contribution in [1.82, 2.24) is 10.2 Å². The minimum atomic E-state index is 0.0167. The summed E-state index contributed by atoms with van der Waals surface area (Å²) >= 11 is 0. The van der Waals surface area contributed by atoms with Crippen molar-refractivity contribution in [2.75, 3.05) is 19.7 Å². The molecular weight excluding hydrogens is 192 g/mol. The van der Waals surface area contributed by atoms with Crippen LogP contribution in [0.15, 0.2) is 0 Å². The van der Waals surface area contributed by atoms with Crippen molar-refractivity contribution in [3.05, 3.63) is 0 Å². The number of carbonyl (C=O) groups is 1. The third-order valence-corrected chi connectivity index (χ3v) is 2.53. The Bertz CT molecular complexity index is 201. The van der Waals surface area contributed by atoms with Crippen LogP contribution in [0.1, 0.15) is 33.6 Å². The average molecular weight is 214 g/mol. The van der Waals surface area contributed by atoms with E-state index in [-0.39, 0.29) is 18.2 Å². The van der Waals surface area contributed by atoms with Crippen LogP contribution in [0.5, 0.6) is 0 Å². The van der Waals surface area contributed by atoms with Crippen molar-refractivity contribution in [1.29, 1.82) is 0 Å². The van der Waals surface area contributed by atoms with Gasteiger partial charge in [-0.3, -0.25) is 0 Å². The van der Waals surface area contributed by atoms with Gasteiger partial charge in [0.05, 0.1) is 6.10 Å². The van der Waals surface area contributed by atoms with Gasteiger partial charge in [0.25, 0.3) is 0 Å². The smallest absolute Gasteiger partial charge is 0.317 e. The highest BCUT2D eigenvalue weighted by molar-refractivity contribution is 5.74. The summed E-state index contributed by atoms with van der Waals surface area (Å²) in [7, 11) is 0. The van der Waals surface area contributed by atoms with Crippen molar-refractivity contribution in [3.63, 3.8) is 0 Å². The van der Waals surface area contributed by atoms with Gasteiger partial charge in [0, 0.05) is 25.7 Å². The van der Waals surface area contributed by atoms with E-state index in [4.69, 9.17) is 4.74 Å². The Kier molecular flexibility index (Phi) is 4.88. The lowest BCUT2D eigenvalue weighted by atomic mass is 10.2. The quantitative estimate of drug-likeness (QED) is 0.772. The first-order chi connectivity index (χ1) is 7.13. The molecule has 0 radical (unpaired) electrons. The van der Waals surface area contributed by atoms with Gasteiger partial charge in [-0.2, -0.15) is 0 Å². The van der Waals surface area contributed by atoms with Gasteiger partial charge in [0.15, 0.2) is 0 Å². The number of urea groups is 1. The Labute approximate surface area is 92.0 Å². The SMILES string of the molecule is CCN(CC1CCCO1)C(=O)NC(C)C. The molecule has 0 spiro atoms. The predicted molar refractivity (Wildman–Crippen MR) is 59.9 cm³/mol. The third kappa shape index (κ3) is 4.08. The molecule has 1 unspecified atom stereocenters. The predicted octanol–water partition coefficient (Wildman–Crippen LogP) is 1.61. The number of carbonyl (C=O) groups excluding carboxylic acids is 1. The molecule has 88 valence electrons. The Morgan fingerprint density at radius 1 is 1.60 bits per heavy atom. The summed E-state index contributed by atoms with van der Waals surface area (Å²) in [5.74, 6) is 0. The molecule has 1 aliphatic heterocycles. The van der Waals surface area contributed by atoms with Crippen molar-refractivity contribution in [2.45, 2.75) is 45.8 Å². The summed E-state index contributed by atoms with van der Waals surface area (Å²) in [6, 6.07) is 0.207.